The van der Waals surface area contributed by atoms with Crippen LogP contribution in [0.3, 0.4) is 0 Å². The first-order valence-corrected chi connectivity index (χ1v) is 6.96. The molecule has 0 spiro atoms. The Labute approximate surface area is 126 Å². The molecular formula is C16H15NO5. The molecule has 1 atom stereocenters. The number of furan rings is 1. The molecule has 0 bridgehead atoms. The molecule has 1 aliphatic heterocycles. The van der Waals surface area contributed by atoms with Gasteiger partial charge in [0.1, 0.15) is 11.5 Å². The number of rotatable bonds is 4. The maximum absolute atomic E-state index is 12.4. The molecule has 22 heavy (non-hydrogen) atoms. The lowest BCUT2D eigenvalue weighted by molar-refractivity contribution is -0.123. The summed E-state index contributed by atoms with van der Waals surface area (Å²) in [6.45, 7) is 0.657. The van der Waals surface area contributed by atoms with Gasteiger partial charge in [-0.1, -0.05) is 18.2 Å². The molecule has 114 valence electrons. The number of hydrogen-bond donors (Lipinski definition) is 2. The van der Waals surface area contributed by atoms with Crippen molar-refractivity contribution in [3.05, 3.63) is 53.5 Å². The van der Waals surface area contributed by atoms with E-state index < -0.39 is 5.97 Å². The topological polar surface area (TPSA) is 88.8 Å². The summed E-state index contributed by atoms with van der Waals surface area (Å²) < 4.78 is 10.6. The van der Waals surface area contributed by atoms with Crippen molar-refractivity contribution in [2.75, 3.05) is 6.61 Å². The Morgan fingerprint density at radius 3 is 2.82 bits per heavy atom. The first kappa shape index (κ1) is 14.2. The van der Waals surface area contributed by atoms with Crippen molar-refractivity contribution in [2.24, 2.45) is 0 Å². The Kier molecular flexibility index (Phi) is 3.82. The number of aromatic carboxylic acids is 1. The van der Waals surface area contributed by atoms with Gasteiger partial charge in [0.25, 0.3) is 0 Å². The van der Waals surface area contributed by atoms with Crippen molar-refractivity contribution in [3.63, 3.8) is 0 Å². The van der Waals surface area contributed by atoms with Crippen LogP contribution in [-0.2, 0) is 11.3 Å². The molecular weight excluding hydrogens is 286 g/mol. The minimum atomic E-state index is -1.13. The number of hydrogen-bond acceptors (Lipinski definition) is 4. The monoisotopic (exact) mass is 301 g/mol. The molecule has 1 amide bonds. The largest absolute Gasteiger partial charge is 0.493 e. The molecule has 0 saturated carbocycles. The van der Waals surface area contributed by atoms with E-state index in [4.69, 9.17) is 14.3 Å². The summed E-state index contributed by atoms with van der Waals surface area (Å²) in [5.74, 6) is -0.509. The van der Waals surface area contributed by atoms with E-state index in [-0.39, 0.29) is 24.1 Å². The number of carboxylic acids is 1. The van der Waals surface area contributed by atoms with Gasteiger partial charge in [0.05, 0.1) is 19.1 Å². The SMILES string of the molecule is O=C(O)c1ccc(CNC(=O)[C@@H]2CCOc3ccccc32)o1. The molecule has 3 rings (SSSR count). The first-order valence-electron chi connectivity index (χ1n) is 6.96. The average molecular weight is 301 g/mol. The minimum Gasteiger partial charge on any atom is -0.493 e. The maximum atomic E-state index is 12.4. The number of benzene rings is 1. The van der Waals surface area contributed by atoms with Gasteiger partial charge in [-0.05, 0) is 24.6 Å². The third-order valence-electron chi connectivity index (χ3n) is 3.58. The molecule has 2 N–H and O–H groups in total. The van der Waals surface area contributed by atoms with Crippen LogP contribution in [0, 0.1) is 0 Å². The highest BCUT2D eigenvalue weighted by molar-refractivity contribution is 5.85. The smallest absolute Gasteiger partial charge is 0.371 e. The van der Waals surface area contributed by atoms with Crippen molar-refractivity contribution in [1.82, 2.24) is 5.32 Å². The third kappa shape index (κ3) is 2.81. The van der Waals surface area contributed by atoms with Gasteiger partial charge in [-0.15, -0.1) is 0 Å². The quantitative estimate of drug-likeness (QED) is 0.903. The van der Waals surface area contributed by atoms with Crippen molar-refractivity contribution >= 4 is 11.9 Å². The number of carbonyl (C=O) groups is 2. The second kappa shape index (κ2) is 5.93. The van der Waals surface area contributed by atoms with Crippen LogP contribution in [0.4, 0.5) is 0 Å². The molecule has 0 radical (unpaired) electrons. The highest BCUT2D eigenvalue weighted by Gasteiger charge is 2.27. The zero-order valence-corrected chi connectivity index (χ0v) is 11.7. The van der Waals surface area contributed by atoms with Gasteiger partial charge >= 0.3 is 5.97 Å². The molecule has 6 heteroatoms. The second-order valence-corrected chi connectivity index (χ2v) is 5.02. The Hall–Kier alpha value is -2.76. The van der Waals surface area contributed by atoms with E-state index in [9.17, 15) is 9.59 Å². The van der Waals surface area contributed by atoms with Gasteiger partial charge in [-0.2, -0.15) is 0 Å². The van der Waals surface area contributed by atoms with Crippen LogP contribution in [-0.4, -0.2) is 23.6 Å². The van der Waals surface area contributed by atoms with E-state index in [2.05, 4.69) is 5.32 Å². The van der Waals surface area contributed by atoms with E-state index in [0.717, 1.165) is 11.3 Å². The molecule has 0 saturated heterocycles. The van der Waals surface area contributed by atoms with Crippen molar-refractivity contribution in [3.8, 4) is 5.75 Å². The number of para-hydroxylation sites is 1. The first-order chi connectivity index (χ1) is 10.6. The number of carbonyl (C=O) groups excluding carboxylic acids is 1. The van der Waals surface area contributed by atoms with Crippen LogP contribution < -0.4 is 10.1 Å². The molecule has 1 aromatic carbocycles. The predicted molar refractivity (Wildman–Crippen MR) is 76.8 cm³/mol. The van der Waals surface area contributed by atoms with E-state index in [1.165, 1.54) is 6.07 Å². The van der Waals surface area contributed by atoms with Crippen molar-refractivity contribution in [2.45, 2.75) is 18.9 Å². The van der Waals surface area contributed by atoms with E-state index in [1.807, 2.05) is 24.3 Å². The van der Waals surface area contributed by atoms with Crippen LogP contribution in [0.5, 0.6) is 5.75 Å². The molecule has 2 aromatic rings. The summed E-state index contributed by atoms with van der Waals surface area (Å²) in [6.07, 6.45) is 0.612. The van der Waals surface area contributed by atoms with Crippen molar-refractivity contribution < 1.29 is 23.8 Å². The van der Waals surface area contributed by atoms with Gasteiger partial charge < -0.3 is 19.6 Å². The fourth-order valence-corrected chi connectivity index (χ4v) is 2.50. The summed E-state index contributed by atoms with van der Waals surface area (Å²) in [6, 6.07) is 10.4. The maximum Gasteiger partial charge on any atom is 0.371 e. The van der Waals surface area contributed by atoms with Crippen LogP contribution in [0.2, 0.25) is 0 Å². The van der Waals surface area contributed by atoms with E-state index in [0.29, 0.717) is 18.8 Å². The van der Waals surface area contributed by atoms with Crippen LogP contribution >= 0.6 is 0 Å². The number of nitrogens with one attached hydrogen (secondary N) is 1. The lowest BCUT2D eigenvalue weighted by atomic mass is 9.92. The van der Waals surface area contributed by atoms with E-state index >= 15 is 0 Å². The van der Waals surface area contributed by atoms with Gasteiger partial charge in [-0.25, -0.2) is 4.79 Å². The molecule has 2 heterocycles. The predicted octanol–water partition coefficient (Wildman–Crippen LogP) is 2.16. The highest BCUT2D eigenvalue weighted by Crippen LogP contribution is 2.33. The number of ether oxygens (including phenoxy) is 1. The third-order valence-corrected chi connectivity index (χ3v) is 3.58. The molecule has 0 aliphatic carbocycles. The average Bonchev–Trinajstić information content (AvgIpc) is 3.01. The summed E-state index contributed by atoms with van der Waals surface area (Å²) >= 11 is 0. The fraction of sp³-hybridized carbons (Fsp3) is 0.250. The van der Waals surface area contributed by atoms with Gasteiger partial charge in [-0.3, -0.25) is 4.79 Å². The summed E-state index contributed by atoms with van der Waals surface area (Å²) in [7, 11) is 0. The second-order valence-electron chi connectivity index (χ2n) is 5.02. The highest BCUT2D eigenvalue weighted by atomic mass is 16.5. The van der Waals surface area contributed by atoms with Crippen LogP contribution in [0.25, 0.3) is 0 Å². The van der Waals surface area contributed by atoms with Gasteiger partial charge in [0.2, 0.25) is 11.7 Å². The molecule has 0 fully saturated rings. The summed E-state index contributed by atoms with van der Waals surface area (Å²) in [5.41, 5.74) is 0.872. The summed E-state index contributed by atoms with van der Waals surface area (Å²) in [4.78, 5) is 23.1. The zero-order chi connectivity index (χ0) is 15.5. The lowest BCUT2D eigenvalue weighted by Gasteiger charge is -2.24. The normalized spacial score (nSPS) is 16.5. The molecule has 6 nitrogen and oxygen atoms in total. The van der Waals surface area contributed by atoms with E-state index in [1.54, 1.807) is 6.07 Å². The minimum absolute atomic E-state index is 0.121. The lowest BCUT2D eigenvalue weighted by Crippen LogP contribution is -2.31. The number of fused-ring (bicyclic) bond motifs is 1. The zero-order valence-electron chi connectivity index (χ0n) is 11.7. The molecule has 1 aromatic heterocycles. The number of carboxylic acid groups (broad SMARTS) is 1. The van der Waals surface area contributed by atoms with Crippen LogP contribution in [0.1, 0.15) is 34.2 Å². The van der Waals surface area contributed by atoms with Gasteiger partial charge in [0.15, 0.2) is 0 Å². The Morgan fingerprint density at radius 2 is 2.05 bits per heavy atom. The van der Waals surface area contributed by atoms with Crippen molar-refractivity contribution in [1.29, 1.82) is 0 Å². The number of amides is 1. The Bertz CT molecular complexity index is 706. The molecule has 1 aliphatic rings. The Balaban J connectivity index is 1.66. The fourth-order valence-electron chi connectivity index (χ4n) is 2.50. The molecule has 0 unspecified atom stereocenters. The Morgan fingerprint density at radius 1 is 1.23 bits per heavy atom. The van der Waals surface area contributed by atoms with Gasteiger partial charge in [0, 0.05) is 5.56 Å². The van der Waals surface area contributed by atoms with Crippen LogP contribution in [0.15, 0.2) is 40.8 Å². The summed E-state index contributed by atoms with van der Waals surface area (Å²) in [5, 5.41) is 11.6. The standard InChI is InChI=1S/C16H15NO5/c18-15(17-9-10-5-6-14(22-10)16(19)20)12-7-8-21-13-4-2-1-3-11(12)13/h1-6,12H,7-9H2,(H,17,18)(H,19,20)/t12-/m1/s1.